The third-order valence-electron chi connectivity index (χ3n) is 2.55. The standard InChI is InChI=1S/C14H16N2O3S/c1-10-9-20-13(16-10)7-15-11-3-5-12(6-4-11)19-8-14(17)18-2/h3-6,9,15H,7-8H2,1-2H3. The number of aromatic nitrogens is 1. The number of rotatable bonds is 6. The Balaban J connectivity index is 1.83. The van der Waals surface area contributed by atoms with Crippen molar-refractivity contribution in [1.29, 1.82) is 0 Å². The van der Waals surface area contributed by atoms with Crippen LogP contribution in [0.2, 0.25) is 0 Å². The Labute approximate surface area is 121 Å². The summed E-state index contributed by atoms with van der Waals surface area (Å²) in [7, 11) is 1.33. The average Bonchev–Trinajstić information content (AvgIpc) is 2.89. The van der Waals surface area contributed by atoms with E-state index in [1.807, 2.05) is 24.4 Å². The molecule has 0 unspecified atom stereocenters. The Morgan fingerprint density at radius 1 is 1.35 bits per heavy atom. The number of esters is 1. The number of nitrogens with zero attached hydrogens (tertiary/aromatic N) is 1. The molecule has 0 saturated carbocycles. The number of anilines is 1. The van der Waals surface area contributed by atoms with E-state index in [2.05, 4.69) is 15.0 Å². The van der Waals surface area contributed by atoms with Gasteiger partial charge < -0.3 is 14.8 Å². The van der Waals surface area contributed by atoms with Crippen LogP contribution in [0.1, 0.15) is 10.7 Å². The predicted octanol–water partition coefficient (Wildman–Crippen LogP) is 2.62. The maximum atomic E-state index is 10.9. The fraction of sp³-hybridized carbons (Fsp3) is 0.286. The summed E-state index contributed by atoms with van der Waals surface area (Å²) in [6.07, 6.45) is 0. The Bertz CT molecular complexity index is 566. The third kappa shape index (κ3) is 4.24. The van der Waals surface area contributed by atoms with Gasteiger partial charge >= 0.3 is 5.97 Å². The maximum Gasteiger partial charge on any atom is 0.343 e. The van der Waals surface area contributed by atoms with E-state index in [4.69, 9.17) is 4.74 Å². The molecule has 0 atom stereocenters. The molecule has 5 nitrogen and oxygen atoms in total. The van der Waals surface area contributed by atoms with Gasteiger partial charge in [0, 0.05) is 16.8 Å². The predicted molar refractivity (Wildman–Crippen MR) is 78.1 cm³/mol. The monoisotopic (exact) mass is 292 g/mol. The number of benzene rings is 1. The number of hydrogen-bond donors (Lipinski definition) is 1. The van der Waals surface area contributed by atoms with Crippen molar-refractivity contribution < 1.29 is 14.3 Å². The first kappa shape index (κ1) is 14.3. The van der Waals surface area contributed by atoms with Crippen LogP contribution in [0.25, 0.3) is 0 Å². The van der Waals surface area contributed by atoms with Gasteiger partial charge in [0.2, 0.25) is 0 Å². The van der Waals surface area contributed by atoms with Gasteiger partial charge in [-0.15, -0.1) is 11.3 Å². The molecule has 0 fully saturated rings. The van der Waals surface area contributed by atoms with Crippen molar-refractivity contribution in [3.05, 3.63) is 40.3 Å². The largest absolute Gasteiger partial charge is 0.482 e. The first-order chi connectivity index (χ1) is 9.67. The summed E-state index contributed by atoms with van der Waals surface area (Å²) >= 11 is 1.64. The molecule has 106 valence electrons. The van der Waals surface area contributed by atoms with Gasteiger partial charge in [0.25, 0.3) is 0 Å². The molecule has 0 aliphatic carbocycles. The lowest BCUT2D eigenvalue weighted by Crippen LogP contribution is -2.12. The van der Waals surface area contributed by atoms with Crippen LogP contribution in [0.15, 0.2) is 29.6 Å². The van der Waals surface area contributed by atoms with Crippen LogP contribution in [0.4, 0.5) is 5.69 Å². The Hall–Kier alpha value is -2.08. The van der Waals surface area contributed by atoms with E-state index < -0.39 is 5.97 Å². The molecular weight excluding hydrogens is 276 g/mol. The highest BCUT2D eigenvalue weighted by Crippen LogP contribution is 2.17. The molecule has 20 heavy (non-hydrogen) atoms. The van der Waals surface area contributed by atoms with E-state index in [9.17, 15) is 4.79 Å². The lowest BCUT2D eigenvalue weighted by Gasteiger charge is -2.07. The number of nitrogens with one attached hydrogen (secondary N) is 1. The highest BCUT2D eigenvalue weighted by Gasteiger charge is 2.02. The smallest absolute Gasteiger partial charge is 0.343 e. The molecule has 2 aromatic rings. The van der Waals surface area contributed by atoms with Crippen LogP contribution in [-0.4, -0.2) is 24.7 Å². The molecule has 1 aromatic heterocycles. The van der Waals surface area contributed by atoms with Gasteiger partial charge in [0.1, 0.15) is 10.8 Å². The van der Waals surface area contributed by atoms with Crippen molar-refractivity contribution in [2.45, 2.75) is 13.5 Å². The Morgan fingerprint density at radius 3 is 2.70 bits per heavy atom. The van der Waals surface area contributed by atoms with Gasteiger partial charge in [0.05, 0.1) is 13.7 Å². The lowest BCUT2D eigenvalue weighted by molar-refractivity contribution is -0.142. The molecule has 0 radical (unpaired) electrons. The summed E-state index contributed by atoms with van der Waals surface area (Å²) in [5, 5.41) is 6.36. The fourth-order valence-electron chi connectivity index (χ4n) is 1.53. The van der Waals surface area contributed by atoms with Crippen LogP contribution < -0.4 is 10.1 Å². The van der Waals surface area contributed by atoms with Crippen molar-refractivity contribution in [2.75, 3.05) is 19.0 Å². The quantitative estimate of drug-likeness (QED) is 0.829. The van der Waals surface area contributed by atoms with Crippen molar-refractivity contribution in [2.24, 2.45) is 0 Å². The molecule has 0 bridgehead atoms. The second kappa shape index (κ2) is 6.91. The molecule has 2 rings (SSSR count). The van der Waals surface area contributed by atoms with Crippen LogP contribution in [0, 0.1) is 6.92 Å². The molecule has 0 saturated heterocycles. The van der Waals surface area contributed by atoms with Gasteiger partial charge in [-0.1, -0.05) is 0 Å². The topological polar surface area (TPSA) is 60.5 Å². The molecule has 0 aliphatic rings. The molecule has 1 aromatic carbocycles. The maximum absolute atomic E-state index is 10.9. The molecule has 1 heterocycles. The second-order valence-corrected chi connectivity index (χ2v) is 5.07. The number of hydrogen-bond acceptors (Lipinski definition) is 6. The van der Waals surface area contributed by atoms with E-state index in [0.717, 1.165) is 16.4 Å². The van der Waals surface area contributed by atoms with Crippen molar-refractivity contribution in [3.8, 4) is 5.75 Å². The number of carbonyl (C=O) groups is 1. The third-order valence-corrected chi connectivity index (χ3v) is 3.52. The second-order valence-electron chi connectivity index (χ2n) is 4.13. The number of aryl methyl sites for hydroxylation is 1. The van der Waals surface area contributed by atoms with E-state index in [0.29, 0.717) is 12.3 Å². The first-order valence-corrected chi connectivity index (χ1v) is 7.00. The minimum atomic E-state index is -0.397. The zero-order valence-corrected chi connectivity index (χ0v) is 12.2. The van der Waals surface area contributed by atoms with E-state index >= 15 is 0 Å². The zero-order chi connectivity index (χ0) is 14.4. The van der Waals surface area contributed by atoms with Gasteiger partial charge in [-0.2, -0.15) is 0 Å². The van der Waals surface area contributed by atoms with Gasteiger partial charge in [0.15, 0.2) is 6.61 Å². The Morgan fingerprint density at radius 2 is 2.10 bits per heavy atom. The van der Waals surface area contributed by atoms with E-state index in [1.54, 1.807) is 23.5 Å². The van der Waals surface area contributed by atoms with Crippen molar-refractivity contribution >= 4 is 23.0 Å². The number of methoxy groups -OCH3 is 1. The van der Waals surface area contributed by atoms with Crippen LogP contribution >= 0.6 is 11.3 Å². The highest BCUT2D eigenvalue weighted by molar-refractivity contribution is 7.09. The summed E-state index contributed by atoms with van der Waals surface area (Å²) in [5.41, 5.74) is 2.02. The lowest BCUT2D eigenvalue weighted by atomic mass is 10.3. The number of ether oxygens (including phenoxy) is 2. The van der Waals surface area contributed by atoms with Crippen molar-refractivity contribution in [3.63, 3.8) is 0 Å². The zero-order valence-electron chi connectivity index (χ0n) is 11.4. The molecule has 6 heteroatoms. The summed E-state index contributed by atoms with van der Waals surface area (Å²) in [6, 6.07) is 7.40. The summed E-state index contributed by atoms with van der Waals surface area (Å²) in [4.78, 5) is 15.3. The summed E-state index contributed by atoms with van der Waals surface area (Å²) in [6.45, 7) is 2.59. The van der Waals surface area contributed by atoms with Gasteiger partial charge in [-0.3, -0.25) is 0 Å². The molecular formula is C14H16N2O3S. The summed E-state index contributed by atoms with van der Waals surface area (Å²) < 4.78 is 9.77. The SMILES string of the molecule is COC(=O)COc1ccc(NCc2nc(C)cs2)cc1. The number of carbonyl (C=O) groups excluding carboxylic acids is 1. The van der Waals surface area contributed by atoms with E-state index in [-0.39, 0.29) is 6.61 Å². The van der Waals surface area contributed by atoms with Crippen LogP contribution in [0.3, 0.4) is 0 Å². The minimum Gasteiger partial charge on any atom is -0.482 e. The molecule has 0 amide bonds. The Kier molecular flexibility index (Phi) is 4.95. The molecule has 1 N–H and O–H groups in total. The van der Waals surface area contributed by atoms with E-state index in [1.165, 1.54) is 7.11 Å². The first-order valence-electron chi connectivity index (χ1n) is 6.12. The summed E-state index contributed by atoms with van der Waals surface area (Å²) in [5.74, 6) is 0.234. The average molecular weight is 292 g/mol. The molecule has 0 aliphatic heterocycles. The molecule has 0 spiro atoms. The normalized spacial score (nSPS) is 10.1. The fourth-order valence-corrected chi connectivity index (χ4v) is 2.24. The van der Waals surface area contributed by atoms with Crippen LogP contribution in [0.5, 0.6) is 5.75 Å². The van der Waals surface area contributed by atoms with Gasteiger partial charge in [-0.05, 0) is 31.2 Å². The van der Waals surface area contributed by atoms with Crippen LogP contribution in [-0.2, 0) is 16.1 Å². The minimum absolute atomic E-state index is 0.0817. The highest BCUT2D eigenvalue weighted by atomic mass is 32.1. The van der Waals surface area contributed by atoms with Crippen molar-refractivity contribution in [1.82, 2.24) is 4.98 Å². The number of thiazole rings is 1. The van der Waals surface area contributed by atoms with Gasteiger partial charge in [-0.25, -0.2) is 9.78 Å².